The quantitative estimate of drug-likeness (QED) is 0.0205. The van der Waals surface area contributed by atoms with Crippen molar-refractivity contribution in [2.24, 2.45) is 69.1 Å². The normalized spacial score (nSPS) is 11.4. The predicted octanol–water partition coefficient (Wildman–Crippen LogP) is 5.53. The average molecular weight is 1260 g/mol. The molecule has 0 saturated carbocycles. The first-order valence-corrected chi connectivity index (χ1v) is 26.4. The molecule has 10 aromatic rings. The molecule has 0 bridgehead atoms. The zero-order valence-electron chi connectivity index (χ0n) is 50.7. The van der Waals surface area contributed by atoms with Crippen LogP contribution in [0.3, 0.4) is 0 Å². The van der Waals surface area contributed by atoms with Crippen LogP contribution in [0, 0.1) is 52.5 Å². The van der Waals surface area contributed by atoms with Crippen LogP contribution >= 0.6 is 0 Å². The van der Waals surface area contributed by atoms with Crippen LogP contribution in [0.25, 0.3) is 28.1 Å². The van der Waals surface area contributed by atoms with Gasteiger partial charge in [-0.1, -0.05) is 0 Å². The van der Waals surface area contributed by atoms with E-state index in [1.807, 2.05) is 0 Å². The standard InChI is InChI=1S/C28H25N17O4.C24H24N16O4/c1-12-15(8-29)24(44-22(30)20(13(2)40-44)36-38-25-16(18(47)11-46)9-33-42(25)5)35-27(19(12)32-4)45-23(31)21(14(3)41-45)37-39-26-17(28(48)49-7)10-34-43(26)6;1-11-18(31-33-22-13(15(42)9-41)7-29-37(22)3)20(25)39(35-11)16-6-17(28-10-27-16)40-21(26)19(12(2)36-40)32-34-23-14(24(43)44-5)8-30-38(23)4/h9-11H,30-31H2,1-3,5-7H3;6-10H,25-26H2,1-5H3. The Morgan fingerprint density at radius 3 is 1.18 bits per heavy atom. The number of nitrogen functional groups attached to an aromatic ring is 4. The molecule has 0 unspecified atom stereocenters. The SMILES string of the molecule is COC(=O)c1cnn(C)c1N=Nc1c(C)nn(-c2cc(-n3nc(C)c(N=Nc4c(C(=O)C=O)cnn4C)c3N)ncn2)c1N.[C-]#[N+]c1c(-n2nc(C)c(N=Nc3c(C(=O)OC)cnn3C)c2N)nc(-n2nc(C)c(N=Nc3c(C(=O)C=O)cnn3C)c2N)c(C#N)c1C. The lowest BCUT2D eigenvalue weighted by atomic mass is 10.1. The van der Waals surface area contributed by atoms with Crippen molar-refractivity contribution in [2.45, 2.75) is 34.6 Å². The van der Waals surface area contributed by atoms with Crippen LogP contribution in [-0.4, -0.2) is 143 Å². The van der Waals surface area contributed by atoms with Crippen molar-refractivity contribution in [3.63, 3.8) is 0 Å². The van der Waals surface area contributed by atoms with Gasteiger partial charge < -0.3 is 32.4 Å². The maximum absolute atomic E-state index is 12.2. The van der Waals surface area contributed by atoms with E-state index in [2.05, 4.69) is 108 Å². The van der Waals surface area contributed by atoms with Gasteiger partial charge in [-0.15, -0.1) is 40.9 Å². The number of carbonyl (C=O) groups is 6. The topological polar surface area (TPSA) is 533 Å². The highest BCUT2D eigenvalue weighted by atomic mass is 16.5. The van der Waals surface area contributed by atoms with Gasteiger partial charge in [-0.3, -0.25) is 19.2 Å². The minimum atomic E-state index is -0.839. The molecule has 41 heteroatoms. The second-order valence-corrected chi connectivity index (χ2v) is 19.3. The summed E-state index contributed by atoms with van der Waals surface area (Å²) < 4.78 is 19.8. The lowest BCUT2D eigenvalue weighted by Gasteiger charge is -2.14. The maximum atomic E-state index is 12.2. The highest BCUT2D eigenvalue weighted by Crippen LogP contribution is 2.40. The summed E-state index contributed by atoms with van der Waals surface area (Å²) in [4.78, 5) is 86.8. The number of carbonyl (C=O) groups excluding carboxylic acids is 6. The van der Waals surface area contributed by atoms with E-state index >= 15 is 0 Å². The number of pyridine rings is 1. The number of methoxy groups -OCH3 is 2. The Morgan fingerprint density at radius 1 is 0.527 bits per heavy atom. The Labute approximate surface area is 521 Å². The van der Waals surface area contributed by atoms with Crippen molar-refractivity contribution < 1.29 is 38.2 Å². The molecular weight excluding hydrogens is 1210 g/mol. The number of Topliss-reactive ketones (excluding diaryl/α,β-unsaturated/α-hetero) is 2. The van der Waals surface area contributed by atoms with Gasteiger partial charge in [-0.25, -0.2) is 52.8 Å². The molecule has 10 aromatic heterocycles. The van der Waals surface area contributed by atoms with Gasteiger partial charge in [0.2, 0.25) is 17.3 Å². The van der Waals surface area contributed by atoms with Gasteiger partial charge >= 0.3 is 11.9 Å². The third kappa shape index (κ3) is 11.8. The van der Waals surface area contributed by atoms with Gasteiger partial charge in [0.15, 0.2) is 105 Å². The van der Waals surface area contributed by atoms with Gasteiger partial charge in [0.05, 0.1) is 85.0 Å². The molecule has 0 amide bonds. The molecule has 8 N–H and O–H groups in total. The molecule has 10 heterocycles. The molecule has 0 saturated heterocycles. The predicted molar refractivity (Wildman–Crippen MR) is 320 cm³/mol. The second-order valence-electron chi connectivity index (χ2n) is 19.3. The largest absolute Gasteiger partial charge is 0.465 e. The number of nitrogens with zero attached hydrogens (tertiary/aromatic N) is 29. The summed E-state index contributed by atoms with van der Waals surface area (Å²) in [5.74, 6) is -2.17. The maximum Gasteiger partial charge on any atom is 0.343 e. The zero-order valence-corrected chi connectivity index (χ0v) is 50.7. The van der Waals surface area contributed by atoms with E-state index in [0.717, 1.165) is 4.68 Å². The number of aromatic nitrogens is 19. The summed E-state index contributed by atoms with van der Waals surface area (Å²) in [6, 6.07) is 3.59. The summed E-state index contributed by atoms with van der Waals surface area (Å²) >= 11 is 0. The molecule has 0 aliphatic heterocycles. The number of esters is 2. The Balaban J connectivity index is 0.000000221. The molecule has 0 radical (unpaired) electrons. The van der Waals surface area contributed by atoms with Gasteiger partial charge in [-0.05, 0) is 40.2 Å². The fourth-order valence-corrected chi connectivity index (χ4v) is 8.69. The van der Waals surface area contributed by atoms with Crippen LogP contribution in [0.1, 0.15) is 75.3 Å². The third-order valence-corrected chi connectivity index (χ3v) is 13.5. The molecule has 0 spiro atoms. The minimum absolute atomic E-state index is 0.00132. The summed E-state index contributed by atoms with van der Waals surface area (Å²) in [5.41, 5.74) is 27.9. The summed E-state index contributed by atoms with van der Waals surface area (Å²) in [6.45, 7) is 15.9. The van der Waals surface area contributed by atoms with Crippen LogP contribution in [0.4, 0.5) is 75.0 Å². The highest BCUT2D eigenvalue weighted by Gasteiger charge is 2.28. The van der Waals surface area contributed by atoms with Crippen LogP contribution in [-0.2, 0) is 47.3 Å². The molecular formula is C52H49N33O8. The monoisotopic (exact) mass is 1260 g/mol. The number of nitrogens with two attached hydrogens (primary N) is 4. The number of aldehydes is 2. The summed E-state index contributed by atoms with van der Waals surface area (Å²) in [6.07, 6.45) is 6.59. The number of ketones is 2. The van der Waals surface area contributed by atoms with E-state index in [1.54, 1.807) is 55.8 Å². The smallest absolute Gasteiger partial charge is 0.343 e. The van der Waals surface area contributed by atoms with Crippen molar-refractivity contribution in [1.82, 2.24) is 93.2 Å². The number of hydrogen-bond acceptors (Lipinski definition) is 32. The fourth-order valence-electron chi connectivity index (χ4n) is 8.69. The lowest BCUT2D eigenvalue weighted by Crippen LogP contribution is -2.12. The van der Waals surface area contributed by atoms with E-state index in [-0.39, 0.29) is 150 Å². The molecule has 10 rings (SSSR count). The molecule has 470 valence electrons. The number of aryl methyl sites for hydroxylation is 8. The van der Waals surface area contributed by atoms with Gasteiger partial charge in [0.25, 0.3) is 0 Å². The highest BCUT2D eigenvalue weighted by molar-refractivity contribution is 6.35. The Kier molecular flexibility index (Phi) is 17.7. The molecule has 0 atom stereocenters. The van der Waals surface area contributed by atoms with Crippen molar-refractivity contribution >= 4 is 111 Å². The number of hydrogen-bond donors (Lipinski definition) is 4. The molecule has 0 aliphatic rings. The van der Waals surface area contributed by atoms with Crippen molar-refractivity contribution in [2.75, 3.05) is 37.2 Å². The van der Waals surface area contributed by atoms with Crippen molar-refractivity contribution in [3.8, 4) is 29.3 Å². The number of ether oxygens (including phenoxy) is 2. The molecule has 41 nitrogen and oxygen atoms in total. The lowest BCUT2D eigenvalue weighted by molar-refractivity contribution is -0.105. The molecule has 93 heavy (non-hydrogen) atoms. The minimum Gasteiger partial charge on any atom is -0.465 e. The van der Waals surface area contributed by atoms with Crippen molar-refractivity contribution in [3.05, 3.63) is 105 Å². The summed E-state index contributed by atoms with van der Waals surface area (Å²) in [5, 5.41) is 77.0. The molecule has 0 aromatic carbocycles. The van der Waals surface area contributed by atoms with E-state index < -0.39 is 23.5 Å². The second kappa shape index (κ2) is 25.8. The molecule has 0 fully saturated rings. The van der Waals surface area contributed by atoms with Crippen molar-refractivity contribution in [1.29, 1.82) is 5.26 Å². The third-order valence-electron chi connectivity index (χ3n) is 13.5. The first-order chi connectivity index (χ1) is 44.4. The van der Waals surface area contributed by atoms with E-state index in [0.29, 0.717) is 17.1 Å². The number of rotatable bonds is 18. The van der Waals surface area contributed by atoms with Crippen LogP contribution in [0.5, 0.6) is 0 Å². The van der Waals surface area contributed by atoms with Crippen LogP contribution in [0.15, 0.2) is 78.1 Å². The number of nitriles is 1. The first-order valence-electron chi connectivity index (χ1n) is 26.4. The first kappa shape index (κ1) is 63.6. The summed E-state index contributed by atoms with van der Waals surface area (Å²) in [7, 11) is 8.69. The number of azo groups is 4. The molecule has 0 aliphatic carbocycles. The Bertz CT molecular complexity index is 4940. The van der Waals surface area contributed by atoms with E-state index in [1.165, 1.54) is 91.2 Å². The van der Waals surface area contributed by atoms with Gasteiger partial charge in [-0.2, -0.15) is 60.1 Å². The van der Waals surface area contributed by atoms with Gasteiger partial charge in [0, 0.05) is 34.3 Å². The van der Waals surface area contributed by atoms with Crippen LogP contribution < -0.4 is 22.9 Å². The number of anilines is 4. The van der Waals surface area contributed by atoms with Gasteiger partial charge in [0.1, 0.15) is 23.5 Å². The van der Waals surface area contributed by atoms with E-state index in [4.69, 9.17) is 39.0 Å². The Hall–Kier alpha value is -13.9. The average Bonchev–Trinajstić information content (AvgIpc) is 2.00. The Morgan fingerprint density at radius 2 is 0.849 bits per heavy atom. The van der Waals surface area contributed by atoms with Crippen LogP contribution in [0.2, 0.25) is 0 Å². The van der Waals surface area contributed by atoms with E-state index in [9.17, 15) is 34.0 Å². The fraction of sp³-hybridized carbons (Fsp3) is 0.212. The zero-order chi connectivity index (χ0) is 67.4.